The standard InChI is InChI=1S/C13H18ClN5O4/c1-10(2)11(21)6(3-20)23-9(12(10,11)22)19-5-17-7-8(19)16-4-18-13(7,14)15/h4-6,9,20-22H,3,15H2,1-2H3,(H,16,18)/t6-,9-,11-,12+,13?/m1/s1. The average molecular weight is 344 g/mol. The van der Waals surface area contributed by atoms with E-state index in [1.165, 1.54) is 17.2 Å². The number of alkyl halides is 1. The van der Waals surface area contributed by atoms with Crippen LogP contribution >= 0.6 is 11.6 Å². The highest BCUT2D eigenvalue weighted by Gasteiger charge is 2.92. The van der Waals surface area contributed by atoms with Gasteiger partial charge in [-0.1, -0.05) is 25.4 Å². The highest BCUT2D eigenvalue weighted by atomic mass is 35.5. The molecule has 1 saturated carbocycles. The van der Waals surface area contributed by atoms with E-state index < -0.39 is 40.7 Å². The SMILES string of the molecule is CC1(C)[C@]2(O)[C@@H](CO)O[C@@H](n3cnc4c3N=CNC4(N)Cl)[C@]12O. The molecule has 1 aromatic rings. The Hall–Kier alpha value is -1.23. The van der Waals surface area contributed by atoms with Crippen LogP contribution in [0.2, 0.25) is 0 Å². The summed E-state index contributed by atoms with van der Waals surface area (Å²) in [6.45, 7) is 3.01. The molecular formula is C13H18ClN5O4. The molecule has 3 heterocycles. The Balaban J connectivity index is 1.83. The fraction of sp³-hybridized carbons (Fsp3) is 0.692. The van der Waals surface area contributed by atoms with E-state index in [0.29, 0.717) is 5.82 Å². The van der Waals surface area contributed by atoms with E-state index in [1.807, 2.05) is 0 Å². The summed E-state index contributed by atoms with van der Waals surface area (Å²) in [6.07, 6.45) is 0.838. The highest BCUT2D eigenvalue weighted by Crippen LogP contribution is 2.75. The van der Waals surface area contributed by atoms with Crippen molar-refractivity contribution in [1.29, 1.82) is 0 Å². The molecule has 2 aliphatic heterocycles. The van der Waals surface area contributed by atoms with Gasteiger partial charge in [0.25, 0.3) is 0 Å². The molecule has 1 aliphatic carbocycles. The van der Waals surface area contributed by atoms with Crippen molar-refractivity contribution in [3.63, 3.8) is 0 Å². The zero-order chi connectivity index (χ0) is 16.8. The molecule has 0 bridgehead atoms. The molecular weight excluding hydrogens is 326 g/mol. The lowest BCUT2D eigenvalue weighted by atomic mass is 10.0. The van der Waals surface area contributed by atoms with Gasteiger partial charge in [-0.3, -0.25) is 10.3 Å². The third kappa shape index (κ3) is 1.42. The molecule has 10 heteroatoms. The van der Waals surface area contributed by atoms with Gasteiger partial charge in [-0.05, 0) is 0 Å². The Bertz CT molecular complexity index is 719. The molecule has 9 nitrogen and oxygen atoms in total. The van der Waals surface area contributed by atoms with Crippen LogP contribution in [0.5, 0.6) is 0 Å². The molecule has 23 heavy (non-hydrogen) atoms. The summed E-state index contributed by atoms with van der Waals surface area (Å²) in [5, 5.41) is 32.6. The first-order chi connectivity index (χ1) is 10.6. The van der Waals surface area contributed by atoms with Gasteiger partial charge in [-0.2, -0.15) is 0 Å². The van der Waals surface area contributed by atoms with Gasteiger partial charge >= 0.3 is 0 Å². The molecule has 2 fully saturated rings. The van der Waals surface area contributed by atoms with Crippen molar-refractivity contribution in [2.75, 3.05) is 6.61 Å². The van der Waals surface area contributed by atoms with E-state index >= 15 is 0 Å². The zero-order valence-electron chi connectivity index (χ0n) is 12.6. The maximum Gasteiger partial charge on any atom is 0.212 e. The zero-order valence-corrected chi connectivity index (χ0v) is 13.3. The molecule has 0 aromatic carbocycles. The van der Waals surface area contributed by atoms with E-state index in [0.717, 1.165) is 0 Å². The lowest BCUT2D eigenvalue weighted by molar-refractivity contribution is -0.124. The summed E-state index contributed by atoms with van der Waals surface area (Å²) in [5.74, 6) is 0.323. The number of aromatic nitrogens is 2. The Morgan fingerprint density at radius 2 is 2.13 bits per heavy atom. The fourth-order valence-electron chi connectivity index (χ4n) is 4.00. The van der Waals surface area contributed by atoms with Crippen molar-refractivity contribution < 1.29 is 20.1 Å². The van der Waals surface area contributed by atoms with Gasteiger partial charge in [0.15, 0.2) is 12.0 Å². The van der Waals surface area contributed by atoms with Gasteiger partial charge in [0.05, 0.1) is 19.3 Å². The average Bonchev–Trinajstić information content (AvgIpc) is 2.86. The Morgan fingerprint density at radius 3 is 2.74 bits per heavy atom. The number of aliphatic hydroxyl groups is 3. The van der Waals surface area contributed by atoms with Crippen molar-refractivity contribution >= 4 is 23.8 Å². The van der Waals surface area contributed by atoms with Crippen molar-refractivity contribution in [1.82, 2.24) is 14.9 Å². The molecule has 1 saturated heterocycles. The minimum Gasteiger partial charge on any atom is -0.394 e. The fourth-order valence-corrected chi connectivity index (χ4v) is 4.18. The predicted molar refractivity (Wildman–Crippen MR) is 79.9 cm³/mol. The van der Waals surface area contributed by atoms with Crippen LogP contribution in [0.25, 0.3) is 0 Å². The van der Waals surface area contributed by atoms with Crippen LogP contribution in [0.3, 0.4) is 0 Å². The van der Waals surface area contributed by atoms with Crippen LogP contribution in [-0.4, -0.2) is 55.1 Å². The van der Waals surface area contributed by atoms with Crippen molar-refractivity contribution in [3.8, 4) is 0 Å². The number of hydrogen-bond donors (Lipinski definition) is 5. The minimum absolute atomic E-state index is 0.281. The normalized spacial score (nSPS) is 46.2. The van der Waals surface area contributed by atoms with Crippen LogP contribution < -0.4 is 11.1 Å². The van der Waals surface area contributed by atoms with E-state index in [4.69, 9.17) is 22.1 Å². The van der Waals surface area contributed by atoms with E-state index in [2.05, 4.69) is 15.3 Å². The first-order valence-corrected chi connectivity index (χ1v) is 7.57. The molecule has 0 amide bonds. The van der Waals surface area contributed by atoms with Gasteiger partial charge in [-0.25, -0.2) is 9.98 Å². The van der Waals surface area contributed by atoms with Crippen LogP contribution in [0, 0.1) is 5.41 Å². The molecule has 0 radical (unpaired) electrons. The molecule has 3 aliphatic rings. The summed E-state index contributed by atoms with van der Waals surface area (Å²) in [6, 6.07) is 0. The van der Waals surface area contributed by atoms with Crippen LogP contribution in [0.1, 0.15) is 25.8 Å². The number of nitrogens with zero attached hydrogens (tertiary/aromatic N) is 3. The topological polar surface area (TPSA) is 138 Å². The second-order valence-corrected chi connectivity index (χ2v) is 7.35. The second-order valence-electron chi connectivity index (χ2n) is 6.76. The number of ether oxygens (including phenoxy) is 1. The van der Waals surface area contributed by atoms with Crippen LogP contribution in [0.15, 0.2) is 11.3 Å². The molecule has 1 unspecified atom stereocenters. The third-order valence-corrected chi connectivity index (χ3v) is 5.82. The number of nitrogens with one attached hydrogen (secondary N) is 1. The first-order valence-electron chi connectivity index (χ1n) is 7.19. The van der Waals surface area contributed by atoms with Crippen molar-refractivity contribution in [2.24, 2.45) is 16.1 Å². The van der Waals surface area contributed by atoms with Crippen molar-refractivity contribution in [3.05, 3.63) is 12.0 Å². The molecule has 1 aromatic heterocycles. The monoisotopic (exact) mass is 343 g/mol. The predicted octanol–water partition coefficient (Wildman–Crippen LogP) is -1.15. The van der Waals surface area contributed by atoms with Crippen LogP contribution in [0.4, 0.5) is 5.82 Å². The summed E-state index contributed by atoms with van der Waals surface area (Å²) >= 11 is 6.15. The molecule has 4 rings (SSSR count). The molecule has 126 valence electrons. The summed E-state index contributed by atoms with van der Waals surface area (Å²) in [7, 11) is 0. The molecule has 5 atom stereocenters. The van der Waals surface area contributed by atoms with E-state index in [1.54, 1.807) is 13.8 Å². The lowest BCUT2D eigenvalue weighted by Crippen LogP contribution is -2.46. The van der Waals surface area contributed by atoms with E-state index in [9.17, 15) is 15.3 Å². The quantitative estimate of drug-likeness (QED) is 0.337. The number of imidazole rings is 1. The maximum atomic E-state index is 11.1. The summed E-state index contributed by atoms with van der Waals surface area (Å²) < 4.78 is 7.17. The number of aliphatic hydroxyl groups excluding tert-OH is 1. The Labute approximate surface area is 136 Å². The second kappa shape index (κ2) is 4.05. The number of nitrogens with two attached hydrogens (primary N) is 1. The number of aliphatic imine (C=N–C) groups is 1. The summed E-state index contributed by atoms with van der Waals surface area (Å²) in [4.78, 5) is 8.32. The summed E-state index contributed by atoms with van der Waals surface area (Å²) in [5.41, 5.74) is 2.16. The van der Waals surface area contributed by atoms with E-state index in [-0.39, 0.29) is 5.69 Å². The van der Waals surface area contributed by atoms with Gasteiger partial charge in [0.2, 0.25) is 5.12 Å². The highest BCUT2D eigenvalue weighted by molar-refractivity contribution is 6.24. The lowest BCUT2D eigenvalue weighted by Gasteiger charge is -2.29. The molecule has 0 spiro atoms. The van der Waals surface area contributed by atoms with Gasteiger partial charge in [0.1, 0.15) is 23.0 Å². The van der Waals surface area contributed by atoms with Gasteiger partial charge in [-0.15, -0.1) is 0 Å². The molecule has 6 N–H and O–H groups in total. The van der Waals surface area contributed by atoms with Crippen molar-refractivity contribution in [2.45, 2.75) is 42.5 Å². The largest absolute Gasteiger partial charge is 0.394 e. The Morgan fingerprint density at radius 1 is 1.43 bits per heavy atom. The number of halogens is 1. The van der Waals surface area contributed by atoms with Crippen LogP contribution in [-0.2, 0) is 9.86 Å². The number of rotatable bonds is 2. The Kier molecular flexibility index (Phi) is 2.70. The van der Waals surface area contributed by atoms with Gasteiger partial charge < -0.3 is 25.4 Å². The third-order valence-electron chi connectivity index (χ3n) is 5.53. The maximum absolute atomic E-state index is 11.1. The number of fused-ring (bicyclic) bond motifs is 2. The first kappa shape index (κ1) is 15.3. The smallest absolute Gasteiger partial charge is 0.212 e. The van der Waals surface area contributed by atoms with Gasteiger partial charge in [0, 0.05) is 5.41 Å². The number of hydrogen-bond acceptors (Lipinski definition) is 8. The minimum atomic E-state index is -1.59.